The molecule has 0 amide bonds. The average Bonchev–Trinajstić information content (AvgIpc) is 2.84. The van der Waals surface area contributed by atoms with E-state index in [2.05, 4.69) is 33.6 Å². The Hall–Kier alpha value is -0.670. The first-order valence-corrected chi connectivity index (χ1v) is 8.71. The third kappa shape index (κ3) is 7.17. The Labute approximate surface area is 160 Å². The van der Waals surface area contributed by atoms with Gasteiger partial charge < -0.3 is 15.4 Å². The molecule has 23 heavy (non-hydrogen) atoms. The summed E-state index contributed by atoms with van der Waals surface area (Å²) in [6.07, 6.45) is 4.29. The van der Waals surface area contributed by atoms with Crippen LogP contribution in [0.1, 0.15) is 35.3 Å². The second-order valence-electron chi connectivity index (χ2n) is 5.30. The number of aromatic nitrogens is 1. The van der Waals surface area contributed by atoms with Crippen molar-refractivity contribution in [2.75, 3.05) is 26.3 Å². The number of thiazole rings is 1. The molecular weight excluding hydrogens is 423 g/mol. The molecule has 0 saturated heterocycles. The number of hydrogen-bond donors (Lipinski definition) is 2. The molecule has 1 aliphatic rings. The van der Waals surface area contributed by atoms with Crippen LogP contribution in [0, 0.1) is 13.8 Å². The van der Waals surface area contributed by atoms with Crippen LogP contribution < -0.4 is 10.6 Å². The van der Waals surface area contributed by atoms with Gasteiger partial charge in [-0.1, -0.05) is 11.6 Å². The highest BCUT2D eigenvalue weighted by Crippen LogP contribution is 2.17. The second kappa shape index (κ2) is 11.0. The van der Waals surface area contributed by atoms with Crippen LogP contribution in [0.2, 0.25) is 0 Å². The van der Waals surface area contributed by atoms with E-state index in [1.807, 2.05) is 13.8 Å². The third-order valence-electron chi connectivity index (χ3n) is 3.52. The molecule has 2 rings (SSSR count). The van der Waals surface area contributed by atoms with Crippen LogP contribution in [0.4, 0.5) is 0 Å². The fourth-order valence-electron chi connectivity index (χ4n) is 2.35. The molecule has 130 valence electrons. The lowest BCUT2D eigenvalue weighted by Gasteiger charge is -2.15. The van der Waals surface area contributed by atoms with Crippen molar-refractivity contribution >= 4 is 41.3 Å². The Kier molecular flexibility index (Phi) is 9.73. The molecule has 1 aromatic rings. The van der Waals surface area contributed by atoms with Gasteiger partial charge >= 0.3 is 0 Å². The molecular formula is C16H27IN4OS. The lowest BCUT2D eigenvalue weighted by atomic mass is 10.1. The van der Waals surface area contributed by atoms with Crippen molar-refractivity contribution in [1.82, 2.24) is 15.6 Å². The topological polar surface area (TPSA) is 58.5 Å². The molecule has 0 radical (unpaired) electrons. The summed E-state index contributed by atoms with van der Waals surface area (Å²) < 4.78 is 5.33. The Morgan fingerprint density at radius 1 is 1.39 bits per heavy atom. The molecule has 1 aliphatic heterocycles. The number of hydrogen-bond acceptors (Lipinski definition) is 4. The lowest BCUT2D eigenvalue weighted by molar-refractivity contribution is 0.153. The first-order valence-electron chi connectivity index (χ1n) is 7.89. The van der Waals surface area contributed by atoms with Gasteiger partial charge in [0.25, 0.3) is 0 Å². The molecule has 0 bridgehead atoms. The largest absolute Gasteiger partial charge is 0.377 e. The smallest absolute Gasteiger partial charge is 0.191 e. The summed E-state index contributed by atoms with van der Waals surface area (Å²) in [6.45, 7) is 10.2. The number of guanidine groups is 1. The molecule has 7 heteroatoms. The minimum absolute atomic E-state index is 0. The van der Waals surface area contributed by atoms with Gasteiger partial charge in [-0.05, 0) is 33.6 Å². The molecule has 1 aromatic heterocycles. The van der Waals surface area contributed by atoms with Gasteiger partial charge in [-0.25, -0.2) is 9.98 Å². The molecule has 5 nitrogen and oxygen atoms in total. The summed E-state index contributed by atoms with van der Waals surface area (Å²) in [6, 6.07) is 0. The number of aliphatic imine (C=N–C) groups is 1. The van der Waals surface area contributed by atoms with Crippen molar-refractivity contribution in [1.29, 1.82) is 0 Å². The molecule has 0 aliphatic carbocycles. The number of ether oxygens (including phenoxy) is 1. The Bertz CT molecular complexity index is 542. The predicted molar refractivity (Wildman–Crippen MR) is 108 cm³/mol. The molecule has 0 unspecified atom stereocenters. The highest BCUT2D eigenvalue weighted by Gasteiger charge is 2.06. The number of nitrogens with zero attached hydrogens (tertiary/aromatic N) is 2. The van der Waals surface area contributed by atoms with Gasteiger partial charge in [-0.3, -0.25) is 0 Å². The zero-order valence-corrected chi connectivity index (χ0v) is 17.3. The molecule has 0 atom stereocenters. The van der Waals surface area contributed by atoms with Crippen molar-refractivity contribution in [2.45, 2.75) is 40.2 Å². The molecule has 2 heterocycles. The fourth-order valence-corrected chi connectivity index (χ4v) is 3.21. The average molecular weight is 450 g/mol. The second-order valence-corrected chi connectivity index (χ2v) is 6.59. The highest BCUT2D eigenvalue weighted by molar-refractivity contribution is 14.0. The van der Waals surface area contributed by atoms with E-state index in [0.717, 1.165) is 55.8 Å². The van der Waals surface area contributed by atoms with Gasteiger partial charge in [0.05, 0.1) is 30.5 Å². The number of nitrogens with one attached hydrogen (secondary N) is 2. The van der Waals surface area contributed by atoms with Crippen molar-refractivity contribution < 1.29 is 4.74 Å². The van der Waals surface area contributed by atoms with E-state index in [1.165, 1.54) is 10.5 Å². The van der Waals surface area contributed by atoms with Crippen LogP contribution in [0.15, 0.2) is 16.6 Å². The summed E-state index contributed by atoms with van der Waals surface area (Å²) in [5.74, 6) is 0.876. The van der Waals surface area contributed by atoms with Crippen LogP contribution >= 0.6 is 35.3 Å². The summed E-state index contributed by atoms with van der Waals surface area (Å²) >= 11 is 1.72. The van der Waals surface area contributed by atoms with E-state index in [-0.39, 0.29) is 24.0 Å². The molecule has 0 saturated carbocycles. The Morgan fingerprint density at radius 2 is 2.22 bits per heavy atom. The summed E-state index contributed by atoms with van der Waals surface area (Å²) in [5.41, 5.74) is 2.57. The van der Waals surface area contributed by atoms with Crippen LogP contribution in [0.3, 0.4) is 0 Å². The monoisotopic (exact) mass is 450 g/mol. The number of rotatable bonds is 6. The van der Waals surface area contributed by atoms with Gasteiger partial charge in [-0.2, -0.15) is 0 Å². The maximum absolute atomic E-state index is 5.33. The van der Waals surface area contributed by atoms with Crippen molar-refractivity contribution in [3.8, 4) is 0 Å². The molecule has 0 fully saturated rings. The summed E-state index contributed by atoms with van der Waals surface area (Å²) in [7, 11) is 0. The molecule has 0 aromatic carbocycles. The van der Waals surface area contributed by atoms with Gasteiger partial charge in [0.15, 0.2) is 5.96 Å². The van der Waals surface area contributed by atoms with E-state index < -0.39 is 0 Å². The zero-order valence-electron chi connectivity index (χ0n) is 14.1. The van der Waals surface area contributed by atoms with Gasteiger partial charge in [-0.15, -0.1) is 35.3 Å². The Balaban J connectivity index is 0.00000264. The Morgan fingerprint density at radius 3 is 2.83 bits per heavy atom. The van der Waals surface area contributed by atoms with Crippen molar-refractivity contribution in [2.24, 2.45) is 4.99 Å². The van der Waals surface area contributed by atoms with Crippen LogP contribution in [-0.2, 0) is 11.3 Å². The van der Waals surface area contributed by atoms with Crippen LogP contribution in [0.25, 0.3) is 0 Å². The van der Waals surface area contributed by atoms with Gasteiger partial charge in [0.1, 0.15) is 0 Å². The minimum Gasteiger partial charge on any atom is -0.377 e. The van der Waals surface area contributed by atoms with Crippen molar-refractivity contribution in [3.63, 3.8) is 0 Å². The van der Waals surface area contributed by atoms with Crippen molar-refractivity contribution in [3.05, 3.63) is 27.2 Å². The first-order chi connectivity index (χ1) is 10.7. The first kappa shape index (κ1) is 20.4. The highest BCUT2D eigenvalue weighted by atomic mass is 127. The van der Waals surface area contributed by atoms with Gasteiger partial charge in [0.2, 0.25) is 0 Å². The molecule has 0 spiro atoms. The fraction of sp³-hybridized carbons (Fsp3) is 0.625. The van der Waals surface area contributed by atoms with Crippen LogP contribution in [-0.4, -0.2) is 37.2 Å². The summed E-state index contributed by atoms with van der Waals surface area (Å²) in [5, 5.41) is 7.81. The molecule has 2 N–H and O–H groups in total. The van der Waals surface area contributed by atoms with Gasteiger partial charge in [0, 0.05) is 18.0 Å². The maximum atomic E-state index is 5.33. The van der Waals surface area contributed by atoms with E-state index in [1.54, 1.807) is 11.3 Å². The van der Waals surface area contributed by atoms with Crippen LogP contribution in [0.5, 0.6) is 0 Å². The van der Waals surface area contributed by atoms with E-state index in [4.69, 9.17) is 4.74 Å². The van der Waals surface area contributed by atoms with E-state index >= 15 is 0 Å². The lowest BCUT2D eigenvalue weighted by Crippen LogP contribution is -2.38. The standard InChI is InChI=1S/C16H26N4OS.HI/c1-4-17-16(18-8-5-14-6-9-21-10-7-14)19-11-15-12(2)20-13(3)22-15;/h6H,4-5,7-11H2,1-3H3,(H2,17,18,19);1H. The quantitative estimate of drug-likeness (QED) is 0.303. The number of halogens is 1. The minimum atomic E-state index is 0. The summed E-state index contributed by atoms with van der Waals surface area (Å²) in [4.78, 5) is 10.3. The normalized spacial score (nSPS) is 14.9. The predicted octanol–water partition coefficient (Wildman–Crippen LogP) is 3.17. The van der Waals surface area contributed by atoms with E-state index in [9.17, 15) is 0 Å². The van der Waals surface area contributed by atoms with E-state index in [0.29, 0.717) is 6.54 Å². The zero-order chi connectivity index (χ0) is 15.8. The number of aryl methyl sites for hydroxylation is 2. The maximum Gasteiger partial charge on any atom is 0.191 e. The SMILES string of the molecule is CCNC(=NCc1sc(C)nc1C)NCCC1=CCOCC1.I. The third-order valence-corrected chi connectivity index (χ3v) is 4.58.